The Bertz CT molecular complexity index is 226. The molecule has 0 radical (unpaired) electrons. The largest absolute Gasteiger partial charge is 0.385 e. The van der Waals surface area contributed by atoms with Gasteiger partial charge in [-0.05, 0) is 18.6 Å². The topological polar surface area (TPSA) is 48.1 Å². The molecule has 0 spiro atoms. The van der Waals surface area contributed by atoms with Gasteiger partial charge >= 0.3 is 0 Å². The molecule has 13 heavy (non-hydrogen) atoms. The molecule has 0 bridgehead atoms. The zero-order chi connectivity index (χ0) is 9.52. The van der Waals surface area contributed by atoms with Gasteiger partial charge in [-0.2, -0.15) is 0 Å². The first-order chi connectivity index (χ1) is 6.33. The van der Waals surface area contributed by atoms with E-state index in [1.165, 1.54) is 0 Å². The van der Waals surface area contributed by atoms with Gasteiger partial charge in [0.25, 0.3) is 0 Å². The van der Waals surface area contributed by atoms with E-state index in [1.54, 1.807) is 13.3 Å². The lowest BCUT2D eigenvalue weighted by Crippen LogP contribution is -2.24. The highest BCUT2D eigenvalue weighted by atomic mass is 16.5. The second-order valence-corrected chi connectivity index (χ2v) is 3.07. The smallest absolute Gasteiger partial charge is 0.0477 e. The first-order valence-corrected chi connectivity index (χ1v) is 4.47. The fourth-order valence-corrected chi connectivity index (χ4v) is 1.16. The van der Waals surface area contributed by atoms with Crippen LogP contribution in [0.4, 0.5) is 0 Å². The van der Waals surface area contributed by atoms with Gasteiger partial charge in [0.1, 0.15) is 0 Å². The van der Waals surface area contributed by atoms with Crippen LogP contribution >= 0.6 is 0 Å². The summed E-state index contributed by atoms with van der Waals surface area (Å²) in [6.45, 7) is 0.716. The molecular weight excluding hydrogens is 164 g/mol. The molecule has 0 aliphatic carbocycles. The summed E-state index contributed by atoms with van der Waals surface area (Å²) in [7, 11) is 1.69. The highest BCUT2D eigenvalue weighted by molar-refractivity contribution is 5.04. The number of ether oxygens (including phenoxy) is 1. The molecule has 0 aromatic carbocycles. The molecule has 0 aliphatic rings. The van der Waals surface area contributed by atoms with Crippen LogP contribution in [0.15, 0.2) is 24.4 Å². The number of pyridine rings is 1. The van der Waals surface area contributed by atoms with Crippen molar-refractivity contribution in [3.63, 3.8) is 0 Å². The Labute approximate surface area is 78.9 Å². The van der Waals surface area contributed by atoms with E-state index in [1.807, 2.05) is 18.2 Å². The number of rotatable bonds is 5. The minimum Gasteiger partial charge on any atom is -0.385 e. The Morgan fingerprint density at radius 3 is 3.00 bits per heavy atom. The fraction of sp³-hybridized carbons (Fsp3) is 0.500. The normalized spacial score (nSPS) is 12.8. The van der Waals surface area contributed by atoms with Crippen LogP contribution in [0.1, 0.15) is 12.1 Å². The standard InChI is InChI=1S/C10H16N2O/c1-13-7-5-9(11)8-10-4-2-3-6-12-10/h2-4,6,9H,5,7-8,11H2,1H3/t9-/m0/s1. The molecule has 0 saturated carbocycles. The number of hydrogen-bond acceptors (Lipinski definition) is 3. The molecule has 1 aromatic rings. The Hall–Kier alpha value is -0.930. The van der Waals surface area contributed by atoms with Crippen molar-refractivity contribution in [2.75, 3.05) is 13.7 Å². The van der Waals surface area contributed by atoms with E-state index >= 15 is 0 Å². The third kappa shape index (κ3) is 4.01. The molecule has 2 N–H and O–H groups in total. The molecule has 1 atom stereocenters. The molecule has 72 valence electrons. The molecule has 0 fully saturated rings. The Balaban J connectivity index is 2.32. The molecule has 0 aliphatic heterocycles. The molecule has 0 amide bonds. The van der Waals surface area contributed by atoms with Crippen LogP contribution in [-0.2, 0) is 11.2 Å². The molecule has 0 unspecified atom stereocenters. The fourth-order valence-electron chi connectivity index (χ4n) is 1.16. The van der Waals surface area contributed by atoms with Crippen molar-refractivity contribution in [1.29, 1.82) is 0 Å². The van der Waals surface area contributed by atoms with Crippen LogP contribution in [-0.4, -0.2) is 24.7 Å². The zero-order valence-corrected chi connectivity index (χ0v) is 7.94. The third-order valence-electron chi connectivity index (χ3n) is 1.89. The van der Waals surface area contributed by atoms with E-state index in [4.69, 9.17) is 10.5 Å². The predicted octanol–water partition coefficient (Wildman–Crippen LogP) is 0.988. The van der Waals surface area contributed by atoms with E-state index in [9.17, 15) is 0 Å². The van der Waals surface area contributed by atoms with Crippen molar-refractivity contribution >= 4 is 0 Å². The van der Waals surface area contributed by atoms with Gasteiger partial charge in [0.05, 0.1) is 0 Å². The lowest BCUT2D eigenvalue weighted by atomic mass is 10.1. The number of hydrogen-bond donors (Lipinski definition) is 1. The third-order valence-corrected chi connectivity index (χ3v) is 1.89. The van der Waals surface area contributed by atoms with Crippen molar-refractivity contribution in [3.05, 3.63) is 30.1 Å². The molecule has 0 saturated heterocycles. The van der Waals surface area contributed by atoms with Gasteiger partial charge in [0.15, 0.2) is 0 Å². The second kappa shape index (κ2) is 5.67. The maximum Gasteiger partial charge on any atom is 0.0477 e. The highest BCUT2D eigenvalue weighted by Gasteiger charge is 2.03. The summed E-state index contributed by atoms with van der Waals surface area (Å²) in [5.74, 6) is 0. The summed E-state index contributed by atoms with van der Waals surface area (Å²) in [6.07, 6.45) is 3.50. The van der Waals surface area contributed by atoms with Crippen LogP contribution in [0, 0.1) is 0 Å². The first kappa shape index (κ1) is 10.2. The van der Waals surface area contributed by atoms with Crippen molar-refractivity contribution in [2.24, 2.45) is 5.73 Å². The Kier molecular flexibility index (Phi) is 4.43. The summed E-state index contributed by atoms with van der Waals surface area (Å²) in [4.78, 5) is 4.21. The van der Waals surface area contributed by atoms with Gasteiger partial charge in [-0.3, -0.25) is 4.98 Å². The van der Waals surface area contributed by atoms with Crippen LogP contribution in [0.25, 0.3) is 0 Å². The Morgan fingerprint density at radius 2 is 2.38 bits per heavy atom. The highest BCUT2D eigenvalue weighted by Crippen LogP contribution is 2.00. The maximum atomic E-state index is 5.87. The SMILES string of the molecule is COCC[C@H](N)Cc1ccccn1. The monoisotopic (exact) mass is 180 g/mol. The lowest BCUT2D eigenvalue weighted by molar-refractivity contribution is 0.187. The number of nitrogens with two attached hydrogens (primary N) is 1. The summed E-state index contributed by atoms with van der Waals surface area (Å²) in [5.41, 5.74) is 6.92. The van der Waals surface area contributed by atoms with Gasteiger partial charge in [-0.15, -0.1) is 0 Å². The van der Waals surface area contributed by atoms with Crippen molar-refractivity contribution < 1.29 is 4.74 Å². The van der Waals surface area contributed by atoms with E-state index in [0.717, 1.165) is 18.5 Å². The first-order valence-electron chi connectivity index (χ1n) is 4.47. The summed E-state index contributed by atoms with van der Waals surface area (Å²) >= 11 is 0. The van der Waals surface area contributed by atoms with E-state index in [-0.39, 0.29) is 6.04 Å². The Morgan fingerprint density at radius 1 is 1.54 bits per heavy atom. The van der Waals surface area contributed by atoms with Crippen LogP contribution in [0.5, 0.6) is 0 Å². The minimum atomic E-state index is 0.148. The second-order valence-electron chi connectivity index (χ2n) is 3.07. The van der Waals surface area contributed by atoms with E-state index in [2.05, 4.69) is 4.98 Å². The van der Waals surface area contributed by atoms with Gasteiger partial charge in [0.2, 0.25) is 0 Å². The number of nitrogens with zero attached hydrogens (tertiary/aromatic N) is 1. The summed E-state index contributed by atoms with van der Waals surface area (Å²) < 4.78 is 4.95. The van der Waals surface area contributed by atoms with Crippen molar-refractivity contribution in [2.45, 2.75) is 18.9 Å². The molecule has 3 heteroatoms. The van der Waals surface area contributed by atoms with Gasteiger partial charge in [-0.25, -0.2) is 0 Å². The van der Waals surface area contributed by atoms with Gasteiger partial charge < -0.3 is 10.5 Å². The lowest BCUT2D eigenvalue weighted by Gasteiger charge is -2.09. The summed E-state index contributed by atoms with van der Waals surface area (Å²) in [5, 5.41) is 0. The quantitative estimate of drug-likeness (QED) is 0.735. The van der Waals surface area contributed by atoms with E-state index < -0.39 is 0 Å². The predicted molar refractivity (Wildman–Crippen MR) is 52.4 cm³/mol. The average molecular weight is 180 g/mol. The van der Waals surface area contributed by atoms with Gasteiger partial charge in [-0.1, -0.05) is 6.07 Å². The molecule has 1 rings (SSSR count). The number of aromatic nitrogens is 1. The minimum absolute atomic E-state index is 0.148. The molecule has 3 nitrogen and oxygen atoms in total. The molecular formula is C10H16N2O. The number of methoxy groups -OCH3 is 1. The van der Waals surface area contributed by atoms with Crippen LogP contribution in [0.2, 0.25) is 0 Å². The van der Waals surface area contributed by atoms with Crippen molar-refractivity contribution in [3.8, 4) is 0 Å². The average Bonchev–Trinajstić information content (AvgIpc) is 2.16. The molecule has 1 aromatic heterocycles. The molecule has 1 heterocycles. The van der Waals surface area contributed by atoms with Crippen LogP contribution < -0.4 is 5.73 Å². The van der Waals surface area contributed by atoms with Crippen molar-refractivity contribution in [1.82, 2.24) is 4.98 Å². The summed E-state index contributed by atoms with van der Waals surface area (Å²) in [6, 6.07) is 6.03. The van der Waals surface area contributed by atoms with Crippen LogP contribution in [0.3, 0.4) is 0 Å². The van der Waals surface area contributed by atoms with E-state index in [0.29, 0.717) is 6.61 Å². The zero-order valence-electron chi connectivity index (χ0n) is 7.94. The maximum absolute atomic E-state index is 5.87. The van der Waals surface area contributed by atoms with Gasteiger partial charge in [0, 0.05) is 38.1 Å².